The monoisotopic (exact) mass is 384 g/mol. The van der Waals surface area contributed by atoms with Crippen LogP contribution in [0.25, 0.3) is 0 Å². The Morgan fingerprint density at radius 3 is 2.41 bits per heavy atom. The molecule has 9 heteroatoms. The molecule has 1 fully saturated rings. The highest BCUT2D eigenvalue weighted by atomic mass is 19.4. The summed E-state index contributed by atoms with van der Waals surface area (Å²) in [7, 11) is 0. The maximum absolute atomic E-state index is 14.1. The van der Waals surface area contributed by atoms with E-state index in [-0.39, 0.29) is 5.56 Å². The van der Waals surface area contributed by atoms with Crippen LogP contribution in [0.5, 0.6) is 0 Å². The molecule has 27 heavy (non-hydrogen) atoms. The molecule has 0 aliphatic carbocycles. The molecule has 0 saturated carbocycles. The van der Waals surface area contributed by atoms with Crippen molar-refractivity contribution in [3.05, 3.63) is 70.8 Å². The highest BCUT2D eigenvalue weighted by Crippen LogP contribution is 2.35. The van der Waals surface area contributed by atoms with Gasteiger partial charge < -0.3 is 5.32 Å². The lowest BCUT2D eigenvalue weighted by Crippen LogP contribution is -2.41. The molecular weight excluding hydrogens is 371 g/mol. The second-order valence-corrected chi connectivity index (χ2v) is 6.23. The Bertz CT molecular complexity index is 928. The maximum atomic E-state index is 14.1. The second kappa shape index (κ2) is 6.33. The van der Waals surface area contributed by atoms with Crippen LogP contribution in [0.3, 0.4) is 0 Å². The van der Waals surface area contributed by atoms with Gasteiger partial charge in [0.1, 0.15) is 17.2 Å². The summed E-state index contributed by atoms with van der Waals surface area (Å²) in [5.41, 5.74) is -3.63. The van der Waals surface area contributed by atoms with E-state index in [4.69, 9.17) is 0 Å². The highest BCUT2D eigenvalue weighted by Gasteiger charge is 2.50. The largest absolute Gasteiger partial charge is 0.416 e. The van der Waals surface area contributed by atoms with E-state index in [9.17, 15) is 31.5 Å². The molecule has 1 N–H and O–H groups in total. The Labute approximate surface area is 150 Å². The van der Waals surface area contributed by atoms with E-state index in [1.165, 1.54) is 19.1 Å². The first kappa shape index (κ1) is 18.8. The molecule has 1 saturated heterocycles. The van der Waals surface area contributed by atoms with Crippen LogP contribution in [0, 0.1) is 11.6 Å². The summed E-state index contributed by atoms with van der Waals surface area (Å²) in [6, 6.07) is 5.92. The molecule has 142 valence electrons. The van der Waals surface area contributed by atoms with E-state index >= 15 is 0 Å². The Hall–Kier alpha value is -2.97. The van der Waals surface area contributed by atoms with Gasteiger partial charge in [0, 0.05) is 5.56 Å². The first-order chi connectivity index (χ1) is 12.5. The van der Waals surface area contributed by atoms with Gasteiger partial charge in [-0.05, 0) is 36.8 Å². The fourth-order valence-corrected chi connectivity index (χ4v) is 3.01. The van der Waals surface area contributed by atoms with Gasteiger partial charge in [-0.1, -0.05) is 18.2 Å². The quantitative estimate of drug-likeness (QED) is 0.644. The Kier molecular flexibility index (Phi) is 4.41. The average Bonchev–Trinajstić information content (AvgIpc) is 2.80. The predicted molar refractivity (Wildman–Crippen MR) is 84.2 cm³/mol. The van der Waals surface area contributed by atoms with Crippen molar-refractivity contribution in [2.24, 2.45) is 0 Å². The van der Waals surface area contributed by atoms with Crippen molar-refractivity contribution >= 4 is 11.9 Å². The van der Waals surface area contributed by atoms with Crippen molar-refractivity contribution in [3.63, 3.8) is 0 Å². The van der Waals surface area contributed by atoms with Crippen LogP contribution in [-0.2, 0) is 23.1 Å². The first-order valence-corrected chi connectivity index (χ1v) is 7.79. The summed E-state index contributed by atoms with van der Waals surface area (Å²) >= 11 is 0. The summed E-state index contributed by atoms with van der Waals surface area (Å²) in [4.78, 5) is 25.5. The molecule has 0 bridgehead atoms. The van der Waals surface area contributed by atoms with Crippen molar-refractivity contribution in [2.75, 3.05) is 0 Å². The van der Waals surface area contributed by atoms with Crippen LogP contribution < -0.4 is 5.32 Å². The molecular formula is C18H13F5N2O2. The molecule has 1 heterocycles. The lowest BCUT2D eigenvalue weighted by molar-refractivity contribution is -0.139. The number of urea groups is 1. The van der Waals surface area contributed by atoms with Crippen LogP contribution in [0.1, 0.15) is 23.6 Å². The summed E-state index contributed by atoms with van der Waals surface area (Å²) in [6.07, 6.45) is -4.67. The molecule has 2 aromatic rings. The molecule has 0 radical (unpaired) electrons. The van der Waals surface area contributed by atoms with E-state index in [2.05, 4.69) is 5.32 Å². The number of benzene rings is 2. The number of alkyl halides is 3. The lowest BCUT2D eigenvalue weighted by atomic mass is 9.91. The van der Waals surface area contributed by atoms with Crippen LogP contribution in [0.2, 0.25) is 0 Å². The maximum Gasteiger partial charge on any atom is 0.416 e. The zero-order chi connectivity index (χ0) is 20.0. The number of nitrogens with zero attached hydrogens (tertiary/aromatic N) is 1. The number of nitrogens with one attached hydrogen (secondary N) is 1. The standard InChI is InChI=1S/C18H13F5N2O2/c1-17(13-8-11(19)6-7-14(13)20)15(26)25(16(27)24-17)9-10-4-2-3-5-12(10)18(21,22)23/h2-8H,9H2,1H3,(H,24,27)/t17-/m0/s1. The van der Waals surface area contributed by atoms with Crippen molar-refractivity contribution < 1.29 is 31.5 Å². The minimum absolute atomic E-state index is 0.294. The van der Waals surface area contributed by atoms with Crippen molar-refractivity contribution in [2.45, 2.75) is 25.2 Å². The summed E-state index contributed by atoms with van der Waals surface area (Å²) in [6.45, 7) is 0.508. The number of amides is 3. The Balaban J connectivity index is 1.98. The number of hydrogen-bond donors (Lipinski definition) is 1. The summed E-state index contributed by atoms with van der Waals surface area (Å²) < 4.78 is 67.0. The summed E-state index contributed by atoms with van der Waals surface area (Å²) in [5.74, 6) is -2.73. The van der Waals surface area contributed by atoms with Gasteiger partial charge in [0.25, 0.3) is 5.91 Å². The minimum atomic E-state index is -4.67. The number of carbonyl (C=O) groups is 2. The molecule has 3 amide bonds. The topological polar surface area (TPSA) is 49.4 Å². The van der Waals surface area contributed by atoms with E-state index in [0.29, 0.717) is 4.90 Å². The van der Waals surface area contributed by atoms with Crippen LogP contribution in [-0.4, -0.2) is 16.8 Å². The van der Waals surface area contributed by atoms with Crippen LogP contribution in [0.4, 0.5) is 26.7 Å². The van der Waals surface area contributed by atoms with Gasteiger partial charge in [-0.25, -0.2) is 13.6 Å². The van der Waals surface area contributed by atoms with Gasteiger partial charge in [0.2, 0.25) is 0 Å². The average molecular weight is 384 g/mol. The van der Waals surface area contributed by atoms with Gasteiger partial charge in [-0.2, -0.15) is 13.2 Å². The molecule has 4 nitrogen and oxygen atoms in total. The molecule has 2 aromatic carbocycles. The van der Waals surface area contributed by atoms with E-state index in [1.807, 2.05) is 0 Å². The molecule has 0 aromatic heterocycles. The smallest absolute Gasteiger partial charge is 0.319 e. The number of hydrogen-bond acceptors (Lipinski definition) is 2. The number of imide groups is 1. The zero-order valence-electron chi connectivity index (χ0n) is 13.9. The number of carbonyl (C=O) groups excluding carboxylic acids is 2. The third-order valence-corrected chi connectivity index (χ3v) is 4.39. The molecule has 1 aliphatic heterocycles. The predicted octanol–water partition coefficient (Wildman–Crippen LogP) is 3.95. The van der Waals surface area contributed by atoms with Gasteiger partial charge in [-0.15, -0.1) is 0 Å². The fourth-order valence-electron chi connectivity index (χ4n) is 3.01. The third kappa shape index (κ3) is 3.24. The van der Waals surface area contributed by atoms with Gasteiger partial charge in [-0.3, -0.25) is 9.69 Å². The van der Waals surface area contributed by atoms with Gasteiger partial charge in [0.05, 0.1) is 12.1 Å². The normalized spacial score (nSPS) is 20.1. The lowest BCUT2D eigenvalue weighted by Gasteiger charge is -2.23. The van der Waals surface area contributed by atoms with Crippen molar-refractivity contribution in [3.8, 4) is 0 Å². The Morgan fingerprint density at radius 2 is 1.74 bits per heavy atom. The van der Waals surface area contributed by atoms with E-state index in [0.717, 1.165) is 30.3 Å². The van der Waals surface area contributed by atoms with Gasteiger partial charge in [0.15, 0.2) is 0 Å². The zero-order valence-corrected chi connectivity index (χ0v) is 13.9. The highest BCUT2D eigenvalue weighted by molar-refractivity contribution is 6.07. The second-order valence-electron chi connectivity index (χ2n) is 6.23. The fraction of sp³-hybridized carbons (Fsp3) is 0.222. The number of rotatable bonds is 3. The van der Waals surface area contributed by atoms with Crippen molar-refractivity contribution in [1.82, 2.24) is 10.2 Å². The molecule has 0 unspecified atom stereocenters. The molecule has 0 spiro atoms. The van der Waals surface area contributed by atoms with E-state index in [1.54, 1.807) is 0 Å². The summed E-state index contributed by atoms with van der Waals surface area (Å²) in [5, 5.41) is 2.24. The number of halogens is 5. The first-order valence-electron chi connectivity index (χ1n) is 7.79. The van der Waals surface area contributed by atoms with Crippen LogP contribution >= 0.6 is 0 Å². The van der Waals surface area contributed by atoms with Crippen molar-refractivity contribution in [1.29, 1.82) is 0 Å². The van der Waals surface area contributed by atoms with Gasteiger partial charge >= 0.3 is 12.2 Å². The Morgan fingerprint density at radius 1 is 1.07 bits per heavy atom. The SMILES string of the molecule is C[C@@]1(c2cc(F)ccc2F)NC(=O)N(Cc2ccccc2C(F)(F)F)C1=O. The molecule has 1 atom stereocenters. The molecule has 1 aliphatic rings. The van der Waals surface area contributed by atoms with E-state index < -0.39 is 53.0 Å². The minimum Gasteiger partial charge on any atom is -0.319 e. The third-order valence-electron chi connectivity index (χ3n) is 4.39. The van der Waals surface area contributed by atoms with Crippen LogP contribution in [0.15, 0.2) is 42.5 Å². The molecule has 3 rings (SSSR count).